The van der Waals surface area contributed by atoms with Gasteiger partial charge in [-0.15, -0.1) is 0 Å². The average Bonchev–Trinajstić information content (AvgIpc) is 2.95. The van der Waals surface area contributed by atoms with Crippen molar-refractivity contribution in [3.05, 3.63) is 59.2 Å². The highest BCUT2D eigenvalue weighted by Crippen LogP contribution is 2.41. The maximum absolute atomic E-state index is 13.9. The quantitative estimate of drug-likeness (QED) is 0.764. The van der Waals surface area contributed by atoms with Crippen molar-refractivity contribution in [2.24, 2.45) is 15.8 Å². The van der Waals surface area contributed by atoms with Crippen molar-refractivity contribution in [3.8, 4) is 0 Å². The molecule has 3 N–H and O–H groups in total. The van der Waals surface area contributed by atoms with Crippen LogP contribution in [0.3, 0.4) is 0 Å². The van der Waals surface area contributed by atoms with E-state index in [1.165, 1.54) is 6.07 Å². The van der Waals surface area contributed by atoms with Gasteiger partial charge in [0.25, 0.3) is 0 Å². The van der Waals surface area contributed by atoms with Gasteiger partial charge < -0.3 is 10.8 Å². The highest BCUT2D eigenvalue weighted by molar-refractivity contribution is 6.47. The van der Waals surface area contributed by atoms with Crippen molar-refractivity contribution in [2.75, 3.05) is 4.90 Å². The number of nitrogens with zero attached hydrogens (tertiary/aromatic N) is 4. The third-order valence-electron chi connectivity index (χ3n) is 4.36. The Morgan fingerprint density at radius 2 is 1.79 bits per heavy atom. The van der Waals surface area contributed by atoms with Crippen molar-refractivity contribution in [1.29, 1.82) is 0 Å². The Labute approximate surface area is 155 Å². The number of rotatable bonds is 2. The Kier molecular flexibility index (Phi) is 4.00. The van der Waals surface area contributed by atoms with Gasteiger partial charge in [0.1, 0.15) is 11.6 Å². The van der Waals surface area contributed by atoms with Gasteiger partial charge in [0.2, 0.25) is 6.35 Å². The fraction of sp³-hybridized carbons (Fsp3) is 0.176. The molecule has 2 aromatic carbocycles. The normalized spacial score (nSPS) is 18.6. The third-order valence-corrected chi connectivity index (χ3v) is 4.36. The number of fused-ring (bicyclic) bond motifs is 3. The number of aliphatic hydroxyl groups excluding tert-OH is 1. The van der Waals surface area contributed by atoms with Gasteiger partial charge in [0.05, 0.1) is 23.5 Å². The predicted octanol–water partition coefficient (Wildman–Crippen LogP) is 2.90. The Morgan fingerprint density at radius 1 is 1.11 bits per heavy atom. The largest absolute Gasteiger partial charge is 0.416 e. The van der Waals surface area contributed by atoms with E-state index in [4.69, 9.17) is 5.73 Å². The summed E-state index contributed by atoms with van der Waals surface area (Å²) in [5.74, 6) is -1.96. The first-order valence-electron chi connectivity index (χ1n) is 7.98. The summed E-state index contributed by atoms with van der Waals surface area (Å²) in [5, 5.41) is 15.5. The standard InChI is InChI=1S/C17H12F5N5O/c18-10-2-1-3-11(19)9(10)7-26-16(28)27-13-6-8(17(20,21)22)4-5-12(13)24-14(23)15(27)25-26/h1-6,16,28H,7H2,(H2,23,24). The lowest BCUT2D eigenvalue weighted by atomic mass is 10.1. The first-order chi connectivity index (χ1) is 13.2. The summed E-state index contributed by atoms with van der Waals surface area (Å²) in [6.45, 7) is -0.471. The number of amidine groups is 2. The summed E-state index contributed by atoms with van der Waals surface area (Å²) in [5.41, 5.74) is 4.52. The number of halogens is 5. The van der Waals surface area contributed by atoms with Gasteiger partial charge >= 0.3 is 6.18 Å². The zero-order chi connectivity index (χ0) is 20.2. The zero-order valence-electron chi connectivity index (χ0n) is 14.0. The highest BCUT2D eigenvalue weighted by atomic mass is 19.4. The molecule has 1 atom stereocenters. The summed E-state index contributed by atoms with van der Waals surface area (Å²) < 4.78 is 67.0. The van der Waals surface area contributed by atoms with Gasteiger partial charge in [-0.2, -0.15) is 18.3 Å². The molecule has 28 heavy (non-hydrogen) atoms. The molecule has 0 bridgehead atoms. The second-order valence-corrected chi connectivity index (χ2v) is 6.14. The number of anilines is 1. The van der Waals surface area contributed by atoms with Crippen LogP contribution in [0.2, 0.25) is 0 Å². The van der Waals surface area contributed by atoms with Crippen molar-refractivity contribution >= 4 is 23.0 Å². The van der Waals surface area contributed by atoms with Gasteiger partial charge in [-0.3, -0.25) is 4.90 Å². The number of alkyl halides is 3. The van der Waals surface area contributed by atoms with Gasteiger partial charge in [-0.25, -0.2) is 18.8 Å². The molecule has 11 heteroatoms. The van der Waals surface area contributed by atoms with Crippen LogP contribution in [0.15, 0.2) is 46.5 Å². The van der Waals surface area contributed by atoms with E-state index >= 15 is 0 Å². The lowest BCUT2D eigenvalue weighted by Gasteiger charge is -2.30. The molecular weight excluding hydrogens is 385 g/mol. The van der Waals surface area contributed by atoms with Crippen LogP contribution in [0.4, 0.5) is 33.3 Å². The molecule has 0 amide bonds. The Bertz CT molecular complexity index is 999. The number of hydrogen-bond donors (Lipinski definition) is 2. The Balaban J connectivity index is 1.74. The summed E-state index contributed by atoms with van der Waals surface area (Å²) in [6.07, 6.45) is -6.25. The van der Waals surface area contributed by atoms with Gasteiger partial charge in [-0.1, -0.05) is 6.07 Å². The molecule has 2 aliphatic heterocycles. The highest BCUT2D eigenvalue weighted by Gasteiger charge is 2.41. The number of nitrogens with two attached hydrogens (primary N) is 1. The second kappa shape index (κ2) is 6.16. The van der Waals surface area contributed by atoms with E-state index < -0.39 is 36.3 Å². The Hall–Kier alpha value is -3.21. The summed E-state index contributed by atoms with van der Waals surface area (Å²) >= 11 is 0. The number of benzene rings is 2. The van der Waals surface area contributed by atoms with E-state index in [0.717, 1.165) is 40.2 Å². The van der Waals surface area contributed by atoms with Crippen molar-refractivity contribution in [3.63, 3.8) is 0 Å². The molecule has 0 aliphatic carbocycles. The molecule has 1 unspecified atom stereocenters. The van der Waals surface area contributed by atoms with E-state index in [9.17, 15) is 27.1 Å². The molecule has 0 radical (unpaired) electrons. The maximum atomic E-state index is 13.9. The van der Waals surface area contributed by atoms with Crippen LogP contribution in [0, 0.1) is 11.6 Å². The number of aliphatic imine (C=N–C) groups is 1. The minimum absolute atomic E-state index is 0.0771. The van der Waals surface area contributed by atoms with Crippen LogP contribution < -0.4 is 10.6 Å². The van der Waals surface area contributed by atoms with E-state index in [1.54, 1.807) is 0 Å². The molecule has 146 valence electrons. The van der Waals surface area contributed by atoms with E-state index in [-0.39, 0.29) is 28.6 Å². The summed E-state index contributed by atoms with van der Waals surface area (Å²) in [7, 11) is 0. The third kappa shape index (κ3) is 2.83. The van der Waals surface area contributed by atoms with Gasteiger partial charge in [0, 0.05) is 5.56 Å². The van der Waals surface area contributed by atoms with E-state index in [0.29, 0.717) is 0 Å². The van der Waals surface area contributed by atoms with Crippen LogP contribution in [0.5, 0.6) is 0 Å². The minimum atomic E-state index is -4.61. The van der Waals surface area contributed by atoms with Crippen LogP contribution in [-0.2, 0) is 12.7 Å². The zero-order valence-corrected chi connectivity index (χ0v) is 14.0. The number of hydrazone groups is 1. The van der Waals surface area contributed by atoms with E-state index in [1.807, 2.05) is 0 Å². The molecular formula is C17H12F5N5O. The predicted molar refractivity (Wildman–Crippen MR) is 90.5 cm³/mol. The lowest BCUT2D eigenvalue weighted by molar-refractivity contribution is -0.137. The molecule has 2 aromatic rings. The summed E-state index contributed by atoms with van der Waals surface area (Å²) in [6, 6.07) is 6.03. The molecule has 0 saturated carbocycles. The molecule has 2 aliphatic rings. The molecule has 2 heterocycles. The fourth-order valence-corrected chi connectivity index (χ4v) is 3.01. The van der Waals surface area contributed by atoms with Crippen LogP contribution in [-0.4, -0.2) is 28.1 Å². The van der Waals surface area contributed by atoms with Crippen LogP contribution in [0.1, 0.15) is 11.1 Å². The average molecular weight is 397 g/mol. The van der Waals surface area contributed by atoms with Crippen molar-refractivity contribution in [1.82, 2.24) is 5.01 Å². The van der Waals surface area contributed by atoms with Crippen molar-refractivity contribution in [2.45, 2.75) is 19.1 Å². The number of aliphatic hydroxyl groups is 1. The van der Waals surface area contributed by atoms with Crippen LogP contribution >= 0.6 is 0 Å². The SMILES string of the molecule is NC1=Nc2ccc(C(F)(F)F)cc2N2C1=NN(Cc1c(F)cccc1F)C2O. The molecule has 0 aromatic heterocycles. The second-order valence-electron chi connectivity index (χ2n) is 6.14. The topological polar surface area (TPSA) is 77.5 Å². The molecule has 6 nitrogen and oxygen atoms in total. The molecule has 0 spiro atoms. The first-order valence-corrected chi connectivity index (χ1v) is 7.98. The smallest absolute Gasteiger partial charge is 0.381 e. The van der Waals surface area contributed by atoms with Crippen LogP contribution in [0.25, 0.3) is 0 Å². The first kappa shape index (κ1) is 18.2. The number of hydrogen-bond acceptors (Lipinski definition) is 6. The summed E-state index contributed by atoms with van der Waals surface area (Å²) in [4.78, 5) is 5.02. The molecule has 4 rings (SSSR count). The fourth-order valence-electron chi connectivity index (χ4n) is 3.01. The molecule has 0 saturated heterocycles. The molecule has 0 fully saturated rings. The monoisotopic (exact) mass is 397 g/mol. The Morgan fingerprint density at radius 3 is 2.43 bits per heavy atom. The van der Waals surface area contributed by atoms with E-state index in [2.05, 4.69) is 10.1 Å². The maximum Gasteiger partial charge on any atom is 0.416 e. The minimum Gasteiger partial charge on any atom is -0.381 e. The van der Waals surface area contributed by atoms with Gasteiger partial charge in [-0.05, 0) is 30.3 Å². The van der Waals surface area contributed by atoms with Crippen molar-refractivity contribution < 1.29 is 27.1 Å². The lowest BCUT2D eigenvalue weighted by Crippen LogP contribution is -2.47. The van der Waals surface area contributed by atoms with Gasteiger partial charge in [0.15, 0.2) is 11.7 Å².